The van der Waals surface area contributed by atoms with Crippen molar-refractivity contribution in [3.8, 4) is 0 Å². The molecule has 4 nitrogen and oxygen atoms in total. The van der Waals surface area contributed by atoms with Crippen LogP contribution in [0.15, 0.2) is 41.0 Å². The summed E-state index contributed by atoms with van der Waals surface area (Å²) in [7, 11) is 0. The average molecular weight is 341 g/mol. The third-order valence-corrected chi connectivity index (χ3v) is 3.06. The van der Waals surface area contributed by atoms with E-state index in [1.807, 2.05) is 6.92 Å². The van der Waals surface area contributed by atoms with Crippen molar-refractivity contribution in [2.45, 2.75) is 6.92 Å². The fraction of sp³-hybridized carbons (Fsp3) is 0.0769. The second-order valence-electron chi connectivity index (χ2n) is 3.86. The molecular formula is C13H11BrClN3O. The minimum atomic E-state index is -0.338. The van der Waals surface area contributed by atoms with Gasteiger partial charge in [-0.3, -0.25) is 0 Å². The molecule has 2 aromatic rings. The molecule has 0 saturated carbocycles. The number of rotatable bonds is 2. The van der Waals surface area contributed by atoms with Crippen LogP contribution >= 0.6 is 27.5 Å². The first-order valence-corrected chi connectivity index (χ1v) is 6.68. The number of hydrogen-bond donors (Lipinski definition) is 2. The summed E-state index contributed by atoms with van der Waals surface area (Å²) in [6.45, 7) is 1.82. The molecule has 1 heterocycles. The first-order valence-electron chi connectivity index (χ1n) is 5.51. The highest BCUT2D eigenvalue weighted by molar-refractivity contribution is 9.10. The lowest BCUT2D eigenvalue weighted by molar-refractivity contribution is 0.262. The second-order valence-corrected chi connectivity index (χ2v) is 5.11. The molecule has 98 valence electrons. The van der Waals surface area contributed by atoms with E-state index in [2.05, 4.69) is 31.5 Å². The third kappa shape index (κ3) is 3.94. The molecule has 2 N–H and O–H groups in total. The Bertz CT molecular complexity index is 619. The number of nitrogens with one attached hydrogen (secondary N) is 2. The van der Waals surface area contributed by atoms with Crippen LogP contribution in [-0.2, 0) is 0 Å². The summed E-state index contributed by atoms with van der Waals surface area (Å²) in [6.07, 6.45) is 0. The van der Waals surface area contributed by atoms with E-state index < -0.39 is 0 Å². The Balaban J connectivity index is 2.05. The summed E-state index contributed by atoms with van der Waals surface area (Å²) < 4.78 is 0.728. The zero-order valence-corrected chi connectivity index (χ0v) is 12.4. The number of aryl methyl sites for hydroxylation is 1. The summed E-state index contributed by atoms with van der Waals surface area (Å²) in [6, 6.07) is 10.2. The summed E-state index contributed by atoms with van der Waals surface area (Å²) >= 11 is 9.11. The quantitative estimate of drug-likeness (QED) is 0.794. The number of carbonyl (C=O) groups is 1. The predicted octanol–water partition coefficient (Wildman–Crippen LogP) is 4.45. The largest absolute Gasteiger partial charge is 0.323 e. The fourth-order valence-electron chi connectivity index (χ4n) is 1.51. The number of carbonyl (C=O) groups excluding carboxylic acids is 1. The maximum atomic E-state index is 11.8. The van der Waals surface area contributed by atoms with E-state index in [0.717, 1.165) is 10.3 Å². The zero-order chi connectivity index (χ0) is 13.8. The van der Waals surface area contributed by atoms with Crippen molar-refractivity contribution in [2.75, 3.05) is 10.6 Å². The molecule has 0 saturated heterocycles. The lowest BCUT2D eigenvalue weighted by Gasteiger charge is -2.09. The van der Waals surface area contributed by atoms with Gasteiger partial charge >= 0.3 is 6.03 Å². The first-order chi connectivity index (χ1) is 9.04. The number of pyridine rings is 1. The van der Waals surface area contributed by atoms with Crippen molar-refractivity contribution < 1.29 is 4.79 Å². The van der Waals surface area contributed by atoms with E-state index in [1.54, 1.807) is 36.4 Å². The minimum absolute atomic E-state index is 0.338. The Labute approximate surface area is 124 Å². The molecule has 0 aliphatic rings. The van der Waals surface area contributed by atoms with Crippen LogP contribution in [-0.4, -0.2) is 11.0 Å². The van der Waals surface area contributed by atoms with Crippen molar-refractivity contribution >= 4 is 44.9 Å². The Hall–Kier alpha value is -1.59. The van der Waals surface area contributed by atoms with Gasteiger partial charge in [-0.05, 0) is 53.2 Å². The van der Waals surface area contributed by atoms with E-state index in [9.17, 15) is 4.79 Å². The zero-order valence-electron chi connectivity index (χ0n) is 10.1. The van der Waals surface area contributed by atoms with Gasteiger partial charge in [0.15, 0.2) is 0 Å². The van der Waals surface area contributed by atoms with Gasteiger partial charge in [-0.1, -0.05) is 17.7 Å². The third-order valence-electron chi connectivity index (χ3n) is 2.38. The van der Waals surface area contributed by atoms with Gasteiger partial charge in [0.1, 0.15) is 4.60 Å². The van der Waals surface area contributed by atoms with Gasteiger partial charge in [-0.15, -0.1) is 0 Å². The van der Waals surface area contributed by atoms with Crippen LogP contribution in [0.25, 0.3) is 0 Å². The molecule has 2 rings (SSSR count). The first kappa shape index (κ1) is 13.8. The van der Waals surface area contributed by atoms with Gasteiger partial charge in [-0.2, -0.15) is 0 Å². The molecule has 1 aromatic carbocycles. The van der Waals surface area contributed by atoms with E-state index >= 15 is 0 Å². The minimum Gasteiger partial charge on any atom is -0.308 e. The number of benzene rings is 1. The number of nitrogens with zero attached hydrogens (tertiary/aromatic N) is 1. The van der Waals surface area contributed by atoms with Gasteiger partial charge in [0.25, 0.3) is 0 Å². The Morgan fingerprint density at radius 2 is 2.05 bits per heavy atom. The van der Waals surface area contributed by atoms with E-state index in [1.165, 1.54) is 0 Å². The monoisotopic (exact) mass is 339 g/mol. The van der Waals surface area contributed by atoms with Gasteiger partial charge in [-0.25, -0.2) is 9.78 Å². The van der Waals surface area contributed by atoms with Crippen LogP contribution in [0.3, 0.4) is 0 Å². The molecule has 0 bridgehead atoms. The summed E-state index contributed by atoms with van der Waals surface area (Å²) in [5, 5.41) is 6.00. The summed E-state index contributed by atoms with van der Waals surface area (Å²) in [5.74, 6) is 0. The normalized spacial score (nSPS) is 10.1. The van der Waals surface area contributed by atoms with Crippen LogP contribution in [0.1, 0.15) is 5.69 Å². The van der Waals surface area contributed by atoms with Gasteiger partial charge in [0.2, 0.25) is 0 Å². The molecule has 0 radical (unpaired) electrons. The number of hydrogen-bond acceptors (Lipinski definition) is 2. The van der Waals surface area contributed by atoms with E-state index in [-0.39, 0.29) is 6.03 Å². The number of urea groups is 1. The highest BCUT2D eigenvalue weighted by atomic mass is 79.9. The Morgan fingerprint density at radius 1 is 1.26 bits per heavy atom. The van der Waals surface area contributed by atoms with E-state index in [0.29, 0.717) is 16.4 Å². The molecule has 6 heteroatoms. The highest BCUT2D eigenvalue weighted by Gasteiger charge is 2.06. The number of anilines is 2. The molecule has 0 unspecified atom stereocenters. The number of aromatic nitrogens is 1. The van der Waals surface area contributed by atoms with Gasteiger partial charge < -0.3 is 10.6 Å². The standard InChI is InChI=1S/C13H11BrClN3O/c1-8-11(5-6-12(14)16-8)18-13(19)17-10-4-2-3-9(15)7-10/h2-7H,1H3,(H2,17,18,19). The van der Waals surface area contributed by atoms with Gasteiger partial charge in [0, 0.05) is 10.7 Å². The van der Waals surface area contributed by atoms with Gasteiger partial charge in [0.05, 0.1) is 11.4 Å². The second kappa shape index (κ2) is 6.04. The smallest absolute Gasteiger partial charge is 0.308 e. The van der Waals surface area contributed by atoms with Crippen LogP contribution in [0.5, 0.6) is 0 Å². The lowest BCUT2D eigenvalue weighted by Crippen LogP contribution is -2.20. The lowest BCUT2D eigenvalue weighted by atomic mass is 10.3. The highest BCUT2D eigenvalue weighted by Crippen LogP contribution is 2.18. The van der Waals surface area contributed by atoms with Crippen molar-refractivity contribution in [2.24, 2.45) is 0 Å². The maximum absolute atomic E-state index is 11.8. The molecule has 1 aromatic heterocycles. The molecule has 0 aliphatic heterocycles. The van der Waals surface area contributed by atoms with E-state index in [4.69, 9.17) is 11.6 Å². The molecule has 2 amide bonds. The SMILES string of the molecule is Cc1nc(Br)ccc1NC(=O)Nc1cccc(Cl)c1. The molecule has 0 fully saturated rings. The Morgan fingerprint density at radius 3 is 2.74 bits per heavy atom. The predicted molar refractivity (Wildman–Crippen MR) is 80.8 cm³/mol. The molecule has 0 atom stereocenters. The Kier molecular flexibility index (Phi) is 4.39. The van der Waals surface area contributed by atoms with Crippen molar-refractivity contribution in [3.63, 3.8) is 0 Å². The fourth-order valence-corrected chi connectivity index (χ4v) is 2.10. The topological polar surface area (TPSA) is 54.0 Å². The van der Waals surface area contributed by atoms with Crippen molar-refractivity contribution in [3.05, 3.63) is 51.7 Å². The van der Waals surface area contributed by atoms with Crippen molar-refractivity contribution in [1.82, 2.24) is 4.98 Å². The molecular weight excluding hydrogens is 330 g/mol. The molecule has 0 aliphatic carbocycles. The maximum Gasteiger partial charge on any atom is 0.323 e. The number of halogens is 2. The average Bonchev–Trinajstić information content (AvgIpc) is 2.33. The van der Waals surface area contributed by atoms with Crippen LogP contribution in [0, 0.1) is 6.92 Å². The summed E-state index contributed by atoms with van der Waals surface area (Å²) in [4.78, 5) is 16.0. The number of amides is 2. The summed E-state index contributed by atoms with van der Waals surface area (Å²) in [5.41, 5.74) is 2.02. The van der Waals surface area contributed by atoms with Crippen molar-refractivity contribution in [1.29, 1.82) is 0 Å². The molecule has 19 heavy (non-hydrogen) atoms. The van der Waals surface area contributed by atoms with Crippen LogP contribution in [0.2, 0.25) is 5.02 Å². The van der Waals surface area contributed by atoms with Crippen LogP contribution in [0.4, 0.5) is 16.2 Å². The molecule has 0 spiro atoms. The van der Waals surface area contributed by atoms with Crippen LogP contribution < -0.4 is 10.6 Å².